The van der Waals surface area contributed by atoms with E-state index in [4.69, 9.17) is 20.7 Å². The second-order valence-corrected chi connectivity index (χ2v) is 8.29. The van der Waals surface area contributed by atoms with Gasteiger partial charge in [-0.25, -0.2) is 9.78 Å². The molecule has 2 rings (SSSR count). The van der Waals surface area contributed by atoms with Gasteiger partial charge in [-0.15, -0.1) is 6.42 Å². The molecule has 33 heavy (non-hydrogen) atoms. The molecule has 0 aliphatic heterocycles. The number of aliphatic carboxylic acids is 1. The molecular weight excluding hydrogens is 418 g/mol. The van der Waals surface area contributed by atoms with Crippen molar-refractivity contribution in [2.45, 2.75) is 59.0 Å². The van der Waals surface area contributed by atoms with Crippen LogP contribution in [0.3, 0.4) is 0 Å². The third-order valence-corrected chi connectivity index (χ3v) is 5.34. The van der Waals surface area contributed by atoms with Crippen LogP contribution < -0.4 is 4.74 Å². The summed E-state index contributed by atoms with van der Waals surface area (Å²) in [6, 6.07) is 7.04. The third-order valence-electron chi connectivity index (χ3n) is 5.34. The first-order valence-electron chi connectivity index (χ1n) is 11.1. The topological polar surface area (TPSA) is 92.8 Å². The lowest BCUT2D eigenvalue weighted by Crippen LogP contribution is -2.37. The van der Waals surface area contributed by atoms with Gasteiger partial charge in [0.25, 0.3) is 0 Å². The molecule has 0 fully saturated rings. The minimum absolute atomic E-state index is 0.0250. The number of aryl methyl sites for hydroxylation is 2. The SMILES string of the molecule is C#CC(C)/C=C\C(=C/C)CCc1nc(CCOc2ccc(CC(C)(O)C(=O)O)cc2)c(C)o1. The molecule has 0 aliphatic carbocycles. The molecule has 1 aromatic carbocycles. The number of hydrogen-bond acceptors (Lipinski definition) is 5. The molecule has 176 valence electrons. The van der Waals surface area contributed by atoms with E-state index in [9.17, 15) is 9.90 Å². The second-order valence-electron chi connectivity index (χ2n) is 8.29. The Balaban J connectivity index is 1.85. The van der Waals surface area contributed by atoms with Crippen LogP contribution in [0.4, 0.5) is 0 Å². The van der Waals surface area contributed by atoms with Crippen molar-refractivity contribution < 1.29 is 24.2 Å². The molecule has 6 heteroatoms. The molecule has 0 saturated heterocycles. The first-order chi connectivity index (χ1) is 15.6. The summed E-state index contributed by atoms with van der Waals surface area (Å²) in [6.45, 7) is 7.61. The van der Waals surface area contributed by atoms with Crippen LogP contribution >= 0.6 is 0 Å². The van der Waals surface area contributed by atoms with Crippen LogP contribution in [0.15, 0.2) is 52.5 Å². The summed E-state index contributed by atoms with van der Waals surface area (Å²) in [4.78, 5) is 15.7. The highest BCUT2D eigenvalue weighted by atomic mass is 16.5. The normalized spacial score (nSPS) is 14.6. The van der Waals surface area contributed by atoms with Crippen molar-refractivity contribution in [1.29, 1.82) is 0 Å². The van der Waals surface area contributed by atoms with Gasteiger partial charge in [0.05, 0.1) is 12.3 Å². The first-order valence-corrected chi connectivity index (χ1v) is 11.1. The molecule has 0 spiro atoms. The Bertz CT molecular complexity index is 1020. The van der Waals surface area contributed by atoms with Gasteiger partial charge in [0.15, 0.2) is 11.5 Å². The quantitative estimate of drug-likeness (QED) is 0.359. The van der Waals surface area contributed by atoms with E-state index in [1.165, 1.54) is 12.5 Å². The molecule has 0 aliphatic rings. The molecular formula is C27H33NO5. The first kappa shape index (κ1) is 26.0. The van der Waals surface area contributed by atoms with Crippen molar-refractivity contribution in [3.05, 3.63) is 71.0 Å². The maximum Gasteiger partial charge on any atom is 0.335 e. The molecule has 2 aromatic rings. The fourth-order valence-electron chi connectivity index (χ4n) is 3.17. The summed E-state index contributed by atoms with van der Waals surface area (Å²) < 4.78 is 11.6. The van der Waals surface area contributed by atoms with E-state index in [-0.39, 0.29) is 12.3 Å². The number of hydrogen-bond donors (Lipinski definition) is 2. The van der Waals surface area contributed by atoms with Crippen LogP contribution in [0.5, 0.6) is 5.75 Å². The van der Waals surface area contributed by atoms with E-state index >= 15 is 0 Å². The Hall–Kier alpha value is -3.30. The summed E-state index contributed by atoms with van der Waals surface area (Å²) >= 11 is 0. The number of oxazole rings is 1. The Morgan fingerprint density at radius 3 is 2.64 bits per heavy atom. The Morgan fingerprint density at radius 2 is 2.03 bits per heavy atom. The van der Waals surface area contributed by atoms with Crippen molar-refractivity contribution in [2.75, 3.05) is 6.61 Å². The van der Waals surface area contributed by atoms with Crippen LogP contribution in [0, 0.1) is 25.2 Å². The monoisotopic (exact) mass is 451 g/mol. The molecule has 2 atom stereocenters. The van der Waals surface area contributed by atoms with E-state index in [1.54, 1.807) is 24.3 Å². The molecule has 0 saturated carbocycles. The van der Waals surface area contributed by atoms with E-state index in [0.717, 1.165) is 23.4 Å². The van der Waals surface area contributed by atoms with E-state index in [0.29, 0.717) is 31.1 Å². The molecule has 2 unspecified atom stereocenters. The van der Waals surface area contributed by atoms with E-state index < -0.39 is 11.6 Å². The number of nitrogens with zero attached hydrogens (tertiary/aromatic N) is 1. The summed E-state index contributed by atoms with van der Waals surface area (Å²) in [5, 5.41) is 18.9. The highest BCUT2D eigenvalue weighted by Gasteiger charge is 2.29. The Kier molecular flexibility index (Phi) is 9.50. The van der Waals surface area contributed by atoms with Gasteiger partial charge in [0.1, 0.15) is 11.5 Å². The zero-order valence-corrected chi connectivity index (χ0v) is 19.8. The molecule has 0 bridgehead atoms. The smallest absolute Gasteiger partial charge is 0.335 e. The van der Waals surface area contributed by atoms with Crippen LogP contribution in [0.25, 0.3) is 0 Å². The highest BCUT2D eigenvalue weighted by Crippen LogP contribution is 2.19. The van der Waals surface area contributed by atoms with Gasteiger partial charge in [0, 0.05) is 25.2 Å². The largest absolute Gasteiger partial charge is 0.493 e. The van der Waals surface area contributed by atoms with Crippen LogP contribution in [-0.2, 0) is 24.1 Å². The minimum atomic E-state index is -1.80. The molecule has 1 heterocycles. The Labute approximate surface area is 196 Å². The number of benzene rings is 1. The minimum Gasteiger partial charge on any atom is -0.493 e. The molecule has 1 aromatic heterocycles. The zero-order valence-electron chi connectivity index (χ0n) is 19.8. The predicted octanol–water partition coefficient (Wildman–Crippen LogP) is 4.69. The number of carboxylic acid groups (broad SMARTS) is 1. The number of allylic oxidation sites excluding steroid dienone is 4. The number of terminal acetylenes is 1. The maximum atomic E-state index is 11.1. The number of carboxylic acids is 1. The highest BCUT2D eigenvalue weighted by molar-refractivity contribution is 5.76. The molecule has 0 radical (unpaired) electrons. The summed E-state index contributed by atoms with van der Waals surface area (Å²) in [7, 11) is 0. The second kappa shape index (κ2) is 12.1. The van der Waals surface area contributed by atoms with Gasteiger partial charge in [-0.2, -0.15) is 0 Å². The Morgan fingerprint density at radius 1 is 1.33 bits per heavy atom. The number of rotatable bonds is 12. The van der Waals surface area contributed by atoms with Crippen molar-refractivity contribution in [3.63, 3.8) is 0 Å². The number of ether oxygens (including phenoxy) is 1. The van der Waals surface area contributed by atoms with E-state index in [1.807, 2.05) is 26.8 Å². The van der Waals surface area contributed by atoms with Crippen molar-refractivity contribution in [3.8, 4) is 18.1 Å². The average Bonchev–Trinajstić information content (AvgIpc) is 3.13. The summed E-state index contributed by atoms with van der Waals surface area (Å²) in [6.07, 6.45) is 13.7. The van der Waals surface area contributed by atoms with Crippen molar-refractivity contribution in [2.24, 2.45) is 5.92 Å². The molecule has 2 N–H and O–H groups in total. The number of aliphatic hydroxyl groups is 1. The van der Waals surface area contributed by atoms with Crippen LogP contribution in [0.1, 0.15) is 50.1 Å². The van der Waals surface area contributed by atoms with Gasteiger partial charge in [-0.1, -0.05) is 41.9 Å². The van der Waals surface area contributed by atoms with Crippen molar-refractivity contribution in [1.82, 2.24) is 4.98 Å². The predicted molar refractivity (Wildman–Crippen MR) is 128 cm³/mol. The zero-order chi connectivity index (χ0) is 24.4. The lowest BCUT2D eigenvalue weighted by molar-refractivity contribution is -0.156. The standard InChI is InChI=1S/C27H33NO5/c1-6-19(3)8-9-21(7-2)12-15-25-28-24(20(4)33-25)16-17-32-23-13-10-22(11-14-23)18-27(5,31)26(29)30/h1,7-11,13-14,19,31H,12,15-18H2,2-5H3,(H,29,30)/b9-8-,21-7+. The van der Waals surface area contributed by atoms with Gasteiger partial charge >= 0.3 is 5.97 Å². The summed E-state index contributed by atoms with van der Waals surface area (Å²) in [5.74, 6) is 3.70. The molecule has 0 amide bonds. The maximum absolute atomic E-state index is 11.1. The molecule has 6 nitrogen and oxygen atoms in total. The fraction of sp³-hybridized carbons (Fsp3) is 0.407. The van der Waals surface area contributed by atoms with Gasteiger partial charge in [-0.3, -0.25) is 0 Å². The third kappa shape index (κ3) is 8.28. The van der Waals surface area contributed by atoms with Gasteiger partial charge in [0.2, 0.25) is 0 Å². The average molecular weight is 452 g/mol. The summed E-state index contributed by atoms with van der Waals surface area (Å²) in [5.41, 5.74) is 0.980. The van der Waals surface area contributed by atoms with Crippen molar-refractivity contribution >= 4 is 5.97 Å². The number of aromatic nitrogens is 1. The lowest BCUT2D eigenvalue weighted by atomic mass is 9.97. The van der Waals surface area contributed by atoms with Crippen LogP contribution in [-0.4, -0.2) is 33.4 Å². The fourth-order valence-corrected chi connectivity index (χ4v) is 3.17. The number of carbonyl (C=O) groups is 1. The van der Waals surface area contributed by atoms with Gasteiger partial charge < -0.3 is 19.4 Å². The van der Waals surface area contributed by atoms with Gasteiger partial charge in [-0.05, 0) is 51.8 Å². The lowest BCUT2D eigenvalue weighted by Gasteiger charge is -2.17. The van der Waals surface area contributed by atoms with Crippen LogP contribution in [0.2, 0.25) is 0 Å². The van der Waals surface area contributed by atoms with E-state index in [2.05, 4.69) is 23.1 Å².